The molecule has 1 atom stereocenters. The first-order chi connectivity index (χ1) is 12.4. The number of anilines is 1. The van der Waals surface area contributed by atoms with Crippen LogP contribution in [-0.2, 0) is 25.8 Å². The summed E-state index contributed by atoms with van der Waals surface area (Å²) < 4.78 is 23.3. The second-order valence-corrected chi connectivity index (χ2v) is 8.56. The van der Waals surface area contributed by atoms with Crippen molar-refractivity contribution in [2.45, 2.75) is 31.7 Å². The van der Waals surface area contributed by atoms with Crippen LogP contribution in [0.5, 0.6) is 0 Å². The third-order valence-corrected chi connectivity index (χ3v) is 6.12. The van der Waals surface area contributed by atoms with Crippen molar-refractivity contribution in [1.29, 1.82) is 5.26 Å². The van der Waals surface area contributed by atoms with Crippen molar-refractivity contribution in [2.75, 3.05) is 16.8 Å². The molecule has 1 saturated heterocycles. The zero-order valence-electron chi connectivity index (χ0n) is 14.0. The van der Waals surface area contributed by atoms with E-state index in [-0.39, 0.29) is 36.0 Å². The number of sulfone groups is 1. The summed E-state index contributed by atoms with van der Waals surface area (Å²) in [6.07, 6.45) is 0.978. The molecule has 0 bridgehead atoms. The molecular weight excluding hydrogens is 356 g/mol. The Labute approximate surface area is 151 Å². The van der Waals surface area contributed by atoms with Crippen LogP contribution in [0.2, 0.25) is 0 Å². The number of nitrogens with one attached hydrogen (secondary N) is 1. The minimum Gasteiger partial charge on any atom is -0.321 e. The zero-order chi connectivity index (χ0) is 18.7. The predicted molar refractivity (Wildman–Crippen MR) is 95.0 cm³/mol. The summed E-state index contributed by atoms with van der Waals surface area (Å²) in [6, 6.07) is 8.44. The van der Waals surface area contributed by atoms with Gasteiger partial charge in [-0.1, -0.05) is 12.1 Å². The van der Waals surface area contributed by atoms with Crippen molar-refractivity contribution in [1.82, 2.24) is 5.01 Å². The van der Waals surface area contributed by atoms with E-state index in [1.165, 1.54) is 5.01 Å². The van der Waals surface area contributed by atoms with E-state index < -0.39 is 21.8 Å². The van der Waals surface area contributed by atoms with Crippen molar-refractivity contribution >= 4 is 33.1 Å². The molecule has 1 aromatic carbocycles. The average molecular weight is 374 g/mol. The summed E-state index contributed by atoms with van der Waals surface area (Å²) in [5, 5.41) is 16.7. The number of rotatable bonds is 4. The molecule has 0 aliphatic carbocycles. The molecule has 136 valence electrons. The van der Waals surface area contributed by atoms with E-state index in [0.717, 1.165) is 5.56 Å². The summed E-state index contributed by atoms with van der Waals surface area (Å²) in [7, 11) is -3.15. The van der Waals surface area contributed by atoms with Crippen molar-refractivity contribution in [3.63, 3.8) is 0 Å². The van der Waals surface area contributed by atoms with Crippen LogP contribution >= 0.6 is 0 Å². The predicted octanol–water partition coefficient (Wildman–Crippen LogP) is 0.857. The van der Waals surface area contributed by atoms with E-state index in [4.69, 9.17) is 5.26 Å². The minimum atomic E-state index is -3.15. The number of carbonyl (C=O) groups excluding carboxylic acids is 2. The van der Waals surface area contributed by atoms with Crippen molar-refractivity contribution in [2.24, 2.45) is 5.10 Å². The first-order valence-corrected chi connectivity index (χ1v) is 10.1. The number of benzene rings is 1. The maximum Gasteiger partial charge on any atom is 0.271 e. The highest BCUT2D eigenvalue weighted by Gasteiger charge is 2.37. The van der Waals surface area contributed by atoms with Gasteiger partial charge >= 0.3 is 0 Å². The fourth-order valence-electron chi connectivity index (χ4n) is 2.99. The fourth-order valence-corrected chi connectivity index (χ4v) is 4.68. The van der Waals surface area contributed by atoms with Crippen LogP contribution in [0.25, 0.3) is 0 Å². The lowest BCUT2D eigenvalue weighted by molar-refractivity contribution is -0.133. The lowest BCUT2D eigenvalue weighted by atomic mass is 10.1. The maximum atomic E-state index is 12.4. The van der Waals surface area contributed by atoms with Gasteiger partial charge in [0.25, 0.3) is 5.91 Å². The topological polar surface area (TPSA) is 120 Å². The van der Waals surface area contributed by atoms with Gasteiger partial charge in [0.2, 0.25) is 5.91 Å². The first kappa shape index (κ1) is 18.1. The minimum absolute atomic E-state index is 0.0353. The molecule has 1 fully saturated rings. The maximum absolute atomic E-state index is 12.4. The molecule has 0 unspecified atom stereocenters. The van der Waals surface area contributed by atoms with E-state index in [0.29, 0.717) is 18.5 Å². The highest BCUT2D eigenvalue weighted by atomic mass is 32.2. The molecule has 1 N–H and O–H groups in total. The van der Waals surface area contributed by atoms with Crippen LogP contribution in [0.1, 0.15) is 24.8 Å². The Hall–Kier alpha value is -2.73. The Kier molecular flexibility index (Phi) is 5.04. The highest BCUT2D eigenvalue weighted by Crippen LogP contribution is 2.22. The van der Waals surface area contributed by atoms with Gasteiger partial charge in [0, 0.05) is 18.5 Å². The molecule has 3 rings (SSSR count). The van der Waals surface area contributed by atoms with Crippen LogP contribution < -0.4 is 5.32 Å². The molecule has 2 aliphatic rings. The Bertz CT molecular complexity index is 900. The summed E-state index contributed by atoms with van der Waals surface area (Å²) in [6.45, 7) is 0. The molecule has 0 radical (unpaired) electrons. The zero-order valence-corrected chi connectivity index (χ0v) is 14.8. The Morgan fingerprint density at radius 1 is 1.31 bits per heavy atom. The molecule has 1 aromatic rings. The van der Waals surface area contributed by atoms with E-state index in [9.17, 15) is 18.0 Å². The molecule has 0 spiro atoms. The average Bonchev–Trinajstić information content (AvgIpc) is 2.97. The largest absolute Gasteiger partial charge is 0.321 e. The Balaban J connectivity index is 1.71. The molecule has 0 aromatic heterocycles. The third-order valence-electron chi connectivity index (χ3n) is 4.37. The van der Waals surface area contributed by atoms with E-state index in [1.54, 1.807) is 24.3 Å². The molecule has 9 heteroatoms. The lowest BCUT2D eigenvalue weighted by Crippen LogP contribution is -2.42. The molecule has 2 heterocycles. The normalized spacial score (nSPS) is 21.8. The van der Waals surface area contributed by atoms with Crippen molar-refractivity contribution < 1.29 is 18.0 Å². The van der Waals surface area contributed by atoms with Gasteiger partial charge in [-0.2, -0.15) is 10.4 Å². The third kappa shape index (κ3) is 4.08. The quantitative estimate of drug-likeness (QED) is 0.838. The molecular formula is C17H18N4O4S. The van der Waals surface area contributed by atoms with Crippen LogP contribution in [0.15, 0.2) is 29.4 Å². The van der Waals surface area contributed by atoms with E-state index >= 15 is 0 Å². The van der Waals surface area contributed by atoms with Crippen LogP contribution in [0.4, 0.5) is 5.69 Å². The fraction of sp³-hybridized carbons (Fsp3) is 0.412. The first-order valence-electron chi connectivity index (χ1n) is 8.25. The number of amides is 2. The van der Waals surface area contributed by atoms with Crippen LogP contribution in [0.3, 0.4) is 0 Å². The number of hydrogen-bond donors (Lipinski definition) is 1. The van der Waals surface area contributed by atoms with Gasteiger partial charge < -0.3 is 5.32 Å². The van der Waals surface area contributed by atoms with Gasteiger partial charge in [0.15, 0.2) is 9.84 Å². The summed E-state index contributed by atoms with van der Waals surface area (Å²) in [5.41, 5.74) is 1.61. The standard InChI is InChI=1S/C17H18N4O4S/c18-9-7-12-1-3-13(4-2-12)19-17(23)15-5-6-16(22)21(20-15)14-8-10-26(24,25)11-14/h1-4,14H,5-8,10-11H2,(H,19,23)/t14-/m1/s1. The Morgan fingerprint density at radius 2 is 2.04 bits per heavy atom. The second-order valence-electron chi connectivity index (χ2n) is 6.33. The number of nitriles is 1. The van der Waals surface area contributed by atoms with E-state index in [2.05, 4.69) is 16.5 Å². The second kappa shape index (κ2) is 7.25. The SMILES string of the molecule is N#CCc1ccc(NC(=O)C2=NN([C@@H]3CCS(=O)(=O)C3)C(=O)CC2)cc1. The highest BCUT2D eigenvalue weighted by molar-refractivity contribution is 7.91. The van der Waals surface area contributed by atoms with Gasteiger partial charge in [-0.15, -0.1) is 0 Å². The Morgan fingerprint density at radius 3 is 2.65 bits per heavy atom. The summed E-state index contributed by atoms with van der Waals surface area (Å²) in [5.74, 6) is -0.758. The molecule has 2 aliphatic heterocycles. The van der Waals surface area contributed by atoms with Gasteiger partial charge in [-0.3, -0.25) is 9.59 Å². The van der Waals surface area contributed by atoms with Gasteiger partial charge in [0.1, 0.15) is 5.71 Å². The lowest BCUT2D eigenvalue weighted by Gasteiger charge is -2.27. The molecule has 8 nitrogen and oxygen atoms in total. The summed E-state index contributed by atoms with van der Waals surface area (Å²) >= 11 is 0. The monoisotopic (exact) mass is 374 g/mol. The van der Waals surface area contributed by atoms with Gasteiger partial charge in [-0.05, 0) is 24.1 Å². The van der Waals surface area contributed by atoms with Gasteiger partial charge in [0.05, 0.1) is 30.0 Å². The van der Waals surface area contributed by atoms with Crippen molar-refractivity contribution in [3.05, 3.63) is 29.8 Å². The molecule has 0 saturated carbocycles. The van der Waals surface area contributed by atoms with E-state index in [1.807, 2.05) is 0 Å². The smallest absolute Gasteiger partial charge is 0.271 e. The molecule has 2 amide bonds. The van der Waals surface area contributed by atoms with Gasteiger partial charge in [-0.25, -0.2) is 13.4 Å². The number of carbonyl (C=O) groups is 2. The van der Waals surface area contributed by atoms with Crippen molar-refractivity contribution in [3.8, 4) is 6.07 Å². The number of hydrogen-bond acceptors (Lipinski definition) is 6. The number of nitrogens with zero attached hydrogens (tertiary/aromatic N) is 3. The summed E-state index contributed by atoms with van der Waals surface area (Å²) in [4.78, 5) is 24.5. The number of hydrazone groups is 1. The van der Waals surface area contributed by atoms with Crippen LogP contribution in [0, 0.1) is 11.3 Å². The molecule has 26 heavy (non-hydrogen) atoms. The van der Waals surface area contributed by atoms with Crippen LogP contribution in [-0.4, -0.2) is 48.5 Å².